The van der Waals surface area contributed by atoms with Gasteiger partial charge in [-0.25, -0.2) is 9.78 Å². The van der Waals surface area contributed by atoms with Crippen molar-refractivity contribution in [3.8, 4) is 11.5 Å². The maximum absolute atomic E-state index is 13.3. The first-order valence-electron chi connectivity index (χ1n) is 14.6. The Balaban J connectivity index is 1.75. The summed E-state index contributed by atoms with van der Waals surface area (Å²) < 4.78 is 28.0. The van der Waals surface area contributed by atoms with E-state index in [0.717, 1.165) is 19.3 Å². The zero-order valence-electron chi connectivity index (χ0n) is 24.6. The fraction of sp³-hybridized carbons (Fsp3) is 0.733. The van der Waals surface area contributed by atoms with Gasteiger partial charge in [0.15, 0.2) is 17.2 Å². The quantitative estimate of drug-likeness (QED) is 0.298. The molecule has 1 aromatic rings. The molecule has 1 saturated carbocycles. The minimum Gasteiger partial charge on any atom is -0.493 e. The summed E-state index contributed by atoms with van der Waals surface area (Å²) in [6, 6.07) is 0.669. The molecule has 0 aromatic carbocycles. The molecule has 1 aliphatic heterocycles. The first-order chi connectivity index (χ1) is 19.2. The van der Waals surface area contributed by atoms with Gasteiger partial charge in [0, 0.05) is 25.8 Å². The summed E-state index contributed by atoms with van der Waals surface area (Å²) in [5.74, 6) is -0.0660. The second kappa shape index (κ2) is 15.8. The predicted octanol–water partition coefficient (Wildman–Crippen LogP) is 4.83. The van der Waals surface area contributed by atoms with E-state index >= 15 is 0 Å². The minimum atomic E-state index is -0.858. The molecule has 2 heterocycles. The Hall–Kier alpha value is -2.88. The smallest absolute Gasteiger partial charge is 0.329 e. The van der Waals surface area contributed by atoms with Crippen LogP contribution in [0.4, 0.5) is 0 Å². The maximum Gasteiger partial charge on any atom is 0.329 e. The lowest BCUT2D eigenvalue weighted by atomic mass is 9.78. The van der Waals surface area contributed by atoms with Gasteiger partial charge in [0.25, 0.3) is 5.91 Å². The van der Waals surface area contributed by atoms with Crippen LogP contribution in [0, 0.1) is 17.8 Å². The van der Waals surface area contributed by atoms with Gasteiger partial charge in [0.2, 0.25) is 6.79 Å². The predicted molar refractivity (Wildman–Crippen MR) is 148 cm³/mol. The average molecular weight is 563 g/mol. The van der Waals surface area contributed by atoms with Crippen molar-refractivity contribution in [3.63, 3.8) is 0 Å². The fourth-order valence-electron chi connectivity index (χ4n) is 5.68. The third-order valence-electron chi connectivity index (χ3n) is 7.64. The molecule has 4 atom stereocenters. The summed E-state index contributed by atoms with van der Waals surface area (Å²) in [7, 11) is 1.42. The van der Waals surface area contributed by atoms with Gasteiger partial charge in [-0.2, -0.15) is 0 Å². The van der Waals surface area contributed by atoms with Crippen LogP contribution in [0.3, 0.4) is 0 Å². The summed E-state index contributed by atoms with van der Waals surface area (Å²) in [5, 5.41) is 2.79. The highest BCUT2D eigenvalue weighted by atomic mass is 16.7. The lowest BCUT2D eigenvalue weighted by molar-refractivity contribution is -0.162. The van der Waals surface area contributed by atoms with E-state index in [1.807, 2.05) is 6.92 Å². The number of amides is 1. The Kier molecular flexibility index (Phi) is 12.5. The van der Waals surface area contributed by atoms with E-state index in [1.165, 1.54) is 58.4 Å². The second-order valence-corrected chi connectivity index (χ2v) is 11.4. The number of nitrogens with one attached hydrogen (secondary N) is 1. The van der Waals surface area contributed by atoms with E-state index < -0.39 is 36.8 Å². The van der Waals surface area contributed by atoms with Gasteiger partial charge in [-0.1, -0.05) is 52.4 Å². The Labute approximate surface area is 237 Å². The van der Waals surface area contributed by atoms with E-state index in [1.54, 1.807) is 0 Å². The Bertz CT molecular complexity index is 978. The molecule has 1 N–H and O–H groups in total. The number of esters is 2. The minimum absolute atomic E-state index is 0.0169. The topological polar surface area (TPSA) is 122 Å². The van der Waals surface area contributed by atoms with Crippen molar-refractivity contribution in [3.05, 3.63) is 18.0 Å². The molecule has 1 aliphatic carbocycles. The molecule has 2 aliphatic rings. The molecule has 40 heavy (non-hydrogen) atoms. The van der Waals surface area contributed by atoms with E-state index in [0.29, 0.717) is 24.9 Å². The van der Waals surface area contributed by atoms with Crippen LogP contribution in [0.15, 0.2) is 12.3 Å². The molecule has 0 unspecified atom stereocenters. The van der Waals surface area contributed by atoms with Gasteiger partial charge in [-0.05, 0) is 43.9 Å². The Morgan fingerprint density at radius 3 is 2.55 bits per heavy atom. The average Bonchev–Trinajstić information content (AvgIpc) is 2.96. The third-order valence-corrected chi connectivity index (χ3v) is 7.64. The number of aromatic nitrogens is 1. The molecule has 3 rings (SSSR count). The van der Waals surface area contributed by atoms with Crippen LogP contribution in [0.25, 0.3) is 0 Å². The molecule has 1 amide bonds. The lowest BCUT2D eigenvalue weighted by Gasteiger charge is -2.34. The standard InChI is InChI=1S/C30H46N2O8/c1-19(2)17-37-27-20(3)40-30(35)24(13-9-12-23(27)16-22-10-7-6-8-11-22)32-29(34)26-28(39-18-38-21(4)33)25(36-5)14-15-31-26/h14-15,19-20,22-24,27H,6-13,16-18H2,1-5H3,(H,32,34)/t20-,23+,24-,27-/m0/s1. The molecular formula is C30H46N2O8. The molecule has 0 spiro atoms. The molecule has 0 bridgehead atoms. The van der Waals surface area contributed by atoms with Crippen molar-refractivity contribution < 1.29 is 38.1 Å². The number of pyridine rings is 1. The van der Waals surface area contributed by atoms with Crippen LogP contribution in [0.5, 0.6) is 11.5 Å². The van der Waals surface area contributed by atoms with Gasteiger partial charge < -0.3 is 29.0 Å². The molecule has 10 heteroatoms. The number of ether oxygens (including phenoxy) is 5. The summed E-state index contributed by atoms with van der Waals surface area (Å²) in [6.07, 6.45) is 10.3. The summed E-state index contributed by atoms with van der Waals surface area (Å²) in [6.45, 7) is 7.56. The van der Waals surface area contributed by atoms with E-state index in [9.17, 15) is 14.4 Å². The molecule has 1 saturated heterocycles. The highest BCUT2D eigenvalue weighted by Crippen LogP contribution is 2.35. The van der Waals surface area contributed by atoms with Crippen LogP contribution in [0.1, 0.15) is 96.0 Å². The zero-order valence-corrected chi connectivity index (χ0v) is 24.6. The van der Waals surface area contributed by atoms with E-state index in [-0.39, 0.29) is 29.2 Å². The van der Waals surface area contributed by atoms with E-state index in [4.69, 9.17) is 23.7 Å². The summed E-state index contributed by atoms with van der Waals surface area (Å²) in [4.78, 5) is 42.0. The monoisotopic (exact) mass is 562 g/mol. The first-order valence-corrected chi connectivity index (χ1v) is 14.6. The van der Waals surface area contributed by atoms with Crippen LogP contribution in [-0.4, -0.2) is 61.6 Å². The van der Waals surface area contributed by atoms with Crippen LogP contribution < -0.4 is 14.8 Å². The zero-order chi connectivity index (χ0) is 29.1. The van der Waals surface area contributed by atoms with Gasteiger partial charge >= 0.3 is 11.9 Å². The highest BCUT2D eigenvalue weighted by molar-refractivity contribution is 5.98. The van der Waals surface area contributed by atoms with Crippen LogP contribution in [-0.2, 0) is 23.8 Å². The van der Waals surface area contributed by atoms with Crippen molar-refractivity contribution in [2.45, 2.75) is 104 Å². The fourth-order valence-corrected chi connectivity index (χ4v) is 5.68. The van der Waals surface area contributed by atoms with E-state index in [2.05, 4.69) is 24.1 Å². The molecular weight excluding hydrogens is 516 g/mol. The molecule has 224 valence electrons. The van der Waals surface area contributed by atoms with Gasteiger partial charge in [0.05, 0.1) is 13.2 Å². The number of nitrogens with zero attached hydrogens (tertiary/aromatic N) is 1. The van der Waals surface area contributed by atoms with Crippen molar-refractivity contribution in [2.75, 3.05) is 20.5 Å². The largest absolute Gasteiger partial charge is 0.493 e. The molecule has 1 aromatic heterocycles. The van der Waals surface area contributed by atoms with Crippen molar-refractivity contribution in [1.82, 2.24) is 10.3 Å². The van der Waals surface area contributed by atoms with Crippen molar-refractivity contribution in [1.29, 1.82) is 0 Å². The number of carbonyl (C=O) groups is 3. The first kappa shape index (κ1) is 31.6. The van der Waals surface area contributed by atoms with Crippen LogP contribution >= 0.6 is 0 Å². The van der Waals surface area contributed by atoms with Gasteiger partial charge in [-0.3, -0.25) is 9.59 Å². The van der Waals surface area contributed by atoms with Crippen molar-refractivity contribution >= 4 is 17.8 Å². The second-order valence-electron chi connectivity index (χ2n) is 11.4. The highest BCUT2D eigenvalue weighted by Gasteiger charge is 2.36. The summed E-state index contributed by atoms with van der Waals surface area (Å²) in [5.41, 5.74) is -0.0828. The summed E-state index contributed by atoms with van der Waals surface area (Å²) >= 11 is 0. The Morgan fingerprint density at radius 2 is 1.88 bits per heavy atom. The third kappa shape index (κ3) is 9.35. The SMILES string of the molecule is COc1ccnc(C(=O)N[C@H]2CCC[C@H](CC3CCCCC3)[C@@H](OCC(C)C)[C@H](C)OC2=O)c1OCOC(C)=O. The molecule has 2 fully saturated rings. The Morgan fingerprint density at radius 1 is 1.12 bits per heavy atom. The number of cyclic esters (lactones) is 1. The van der Waals surface area contributed by atoms with Crippen LogP contribution in [0.2, 0.25) is 0 Å². The lowest BCUT2D eigenvalue weighted by Crippen LogP contribution is -2.45. The number of methoxy groups -OCH3 is 1. The van der Waals surface area contributed by atoms with Crippen molar-refractivity contribution in [2.24, 2.45) is 17.8 Å². The normalized spacial score (nSPS) is 24.3. The van der Waals surface area contributed by atoms with Gasteiger partial charge in [0.1, 0.15) is 12.1 Å². The number of hydrogen-bond acceptors (Lipinski definition) is 9. The van der Waals surface area contributed by atoms with Gasteiger partial charge in [-0.15, -0.1) is 0 Å². The number of rotatable bonds is 11. The number of hydrogen-bond donors (Lipinski definition) is 1. The molecule has 10 nitrogen and oxygen atoms in total. The molecule has 0 radical (unpaired) electrons. The maximum atomic E-state index is 13.3. The number of carbonyl (C=O) groups excluding carboxylic acids is 3.